The summed E-state index contributed by atoms with van der Waals surface area (Å²) >= 11 is 5.81. The zero-order valence-corrected chi connectivity index (χ0v) is 22.7. The van der Waals surface area contributed by atoms with Gasteiger partial charge in [-0.2, -0.15) is 0 Å². The highest BCUT2D eigenvalue weighted by Crippen LogP contribution is 2.27. The van der Waals surface area contributed by atoms with E-state index in [-0.39, 0.29) is 48.3 Å². The lowest BCUT2D eigenvalue weighted by Crippen LogP contribution is -2.46. The van der Waals surface area contributed by atoms with E-state index in [1.807, 2.05) is 0 Å². The van der Waals surface area contributed by atoms with E-state index in [1.54, 1.807) is 39.9 Å². The molecule has 0 unspecified atom stereocenters. The number of ketones is 1. The molecule has 2 atom stereocenters. The highest BCUT2D eigenvalue weighted by molar-refractivity contribution is 6.30. The van der Waals surface area contributed by atoms with Crippen LogP contribution in [0.5, 0.6) is 0 Å². The third-order valence-corrected chi connectivity index (χ3v) is 7.86. The molecule has 1 N–H and O–H groups in total. The molecule has 8 nitrogen and oxygen atoms in total. The van der Waals surface area contributed by atoms with Gasteiger partial charge in [0.05, 0.1) is 17.1 Å². The summed E-state index contributed by atoms with van der Waals surface area (Å²) in [5.74, 6) is -2.10. The number of nitrogens with one attached hydrogen (secondary N) is 1. The Morgan fingerprint density at radius 1 is 1.10 bits per heavy atom. The number of likely N-dealkylation sites (tertiary alicyclic amines) is 2. The van der Waals surface area contributed by atoms with E-state index in [2.05, 4.69) is 5.32 Å². The van der Waals surface area contributed by atoms with Crippen LogP contribution in [0.1, 0.15) is 52.5 Å². The van der Waals surface area contributed by atoms with Crippen LogP contribution in [0.25, 0.3) is 10.9 Å². The van der Waals surface area contributed by atoms with Gasteiger partial charge in [0.1, 0.15) is 24.6 Å². The van der Waals surface area contributed by atoms with Crippen molar-refractivity contribution in [2.24, 2.45) is 0 Å². The molecule has 5 rings (SSSR count). The van der Waals surface area contributed by atoms with E-state index in [9.17, 15) is 28.0 Å². The van der Waals surface area contributed by atoms with Crippen LogP contribution in [0, 0.1) is 5.82 Å². The molecule has 2 aliphatic rings. The highest BCUT2D eigenvalue weighted by Gasteiger charge is 2.40. The van der Waals surface area contributed by atoms with Gasteiger partial charge in [-0.3, -0.25) is 19.2 Å². The molecule has 2 fully saturated rings. The van der Waals surface area contributed by atoms with Crippen molar-refractivity contribution in [1.29, 1.82) is 0 Å². The van der Waals surface area contributed by atoms with E-state index in [0.717, 1.165) is 12.8 Å². The van der Waals surface area contributed by atoms with Gasteiger partial charge in [0.15, 0.2) is 5.78 Å². The van der Waals surface area contributed by atoms with Crippen LogP contribution in [0.15, 0.2) is 42.6 Å². The number of alkyl halides is 1. The van der Waals surface area contributed by atoms with Crippen molar-refractivity contribution in [3.05, 3.63) is 70.1 Å². The number of carbonyl (C=O) groups excluding carboxylic acids is 4. The normalized spacial score (nSPS) is 18.9. The quantitative estimate of drug-likeness (QED) is 0.433. The molecular formula is C29H29ClF2N4O4. The minimum atomic E-state index is -1.40. The Labute approximate surface area is 234 Å². The van der Waals surface area contributed by atoms with Crippen LogP contribution >= 0.6 is 11.6 Å². The van der Waals surface area contributed by atoms with Crippen molar-refractivity contribution >= 4 is 46.0 Å². The fourth-order valence-electron chi connectivity index (χ4n) is 5.47. The second-order valence-corrected chi connectivity index (χ2v) is 10.7. The molecule has 0 aliphatic carbocycles. The Balaban J connectivity index is 1.36. The molecule has 0 saturated carbocycles. The number of amides is 3. The van der Waals surface area contributed by atoms with Gasteiger partial charge >= 0.3 is 0 Å². The van der Waals surface area contributed by atoms with E-state index in [0.29, 0.717) is 35.1 Å². The highest BCUT2D eigenvalue weighted by atomic mass is 35.5. The Kier molecular flexibility index (Phi) is 7.89. The summed E-state index contributed by atoms with van der Waals surface area (Å²) in [5, 5.41) is 3.10. The number of halogens is 3. The molecule has 3 amide bonds. The number of Topliss-reactive ketones (excluding diaryl/α,β-unsaturated/α-hetero) is 1. The summed E-state index contributed by atoms with van der Waals surface area (Å²) in [7, 11) is 0. The number of aromatic nitrogens is 1. The lowest BCUT2D eigenvalue weighted by Gasteiger charge is -2.24. The summed E-state index contributed by atoms with van der Waals surface area (Å²) in [5.41, 5.74) is 1.54. The van der Waals surface area contributed by atoms with Crippen molar-refractivity contribution in [2.45, 2.75) is 51.5 Å². The standard InChI is InChI=1S/C29H29ClF2N4O4/c1-17(37)22-15-35(24-11-18(7-8-21(22)24)29(40)34-9-2-3-10-34)16-26(38)36-14-20(31)12-25(36)28(39)33-13-19-5-4-6-23(30)27(19)32/h4-8,11,15,20,25H,2-3,9-10,12-14,16H2,1H3,(H,33,39)/t20-,25+/m1/s1. The first-order valence-corrected chi connectivity index (χ1v) is 13.6. The maximum absolute atomic E-state index is 14.5. The number of hydrogen-bond donors (Lipinski definition) is 1. The molecule has 2 saturated heterocycles. The molecule has 0 spiro atoms. The Morgan fingerprint density at radius 3 is 2.58 bits per heavy atom. The molecule has 2 aromatic carbocycles. The lowest BCUT2D eigenvalue weighted by molar-refractivity contribution is -0.139. The van der Waals surface area contributed by atoms with Crippen molar-refractivity contribution in [3.63, 3.8) is 0 Å². The van der Waals surface area contributed by atoms with Crippen LogP contribution in [-0.4, -0.2) is 69.7 Å². The fourth-order valence-corrected chi connectivity index (χ4v) is 5.66. The van der Waals surface area contributed by atoms with Gasteiger partial charge in [-0.1, -0.05) is 29.8 Å². The summed E-state index contributed by atoms with van der Waals surface area (Å²) in [6, 6.07) is 8.39. The van der Waals surface area contributed by atoms with E-state index in [4.69, 9.17) is 11.6 Å². The van der Waals surface area contributed by atoms with Crippen molar-refractivity contribution in [1.82, 2.24) is 19.7 Å². The molecule has 210 valence electrons. The zero-order chi connectivity index (χ0) is 28.6. The fraction of sp³-hybridized carbons (Fsp3) is 0.379. The molecule has 0 radical (unpaired) electrons. The zero-order valence-electron chi connectivity index (χ0n) is 22.0. The minimum Gasteiger partial charge on any atom is -0.350 e. The molecule has 1 aromatic heterocycles. The number of hydrogen-bond acceptors (Lipinski definition) is 4. The van der Waals surface area contributed by atoms with Crippen molar-refractivity contribution in [3.8, 4) is 0 Å². The summed E-state index contributed by atoms with van der Waals surface area (Å²) in [4.78, 5) is 54.7. The average Bonchev–Trinajstić information content (AvgIpc) is 3.68. The van der Waals surface area contributed by atoms with Gasteiger partial charge in [0.25, 0.3) is 5.91 Å². The van der Waals surface area contributed by atoms with E-state index < -0.39 is 29.8 Å². The minimum absolute atomic E-state index is 0.0811. The third kappa shape index (κ3) is 5.45. The van der Waals surface area contributed by atoms with Gasteiger partial charge in [-0.15, -0.1) is 0 Å². The average molecular weight is 571 g/mol. The van der Waals surface area contributed by atoms with Crippen LogP contribution < -0.4 is 5.32 Å². The Morgan fingerprint density at radius 2 is 1.85 bits per heavy atom. The van der Waals surface area contributed by atoms with E-state index >= 15 is 0 Å². The number of fused-ring (bicyclic) bond motifs is 1. The first-order chi connectivity index (χ1) is 19.1. The summed E-state index contributed by atoms with van der Waals surface area (Å²) in [6.45, 7) is 2.09. The SMILES string of the molecule is CC(=O)c1cn(CC(=O)N2C[C@H](F)C[C@H]2C(=O)NCc2cccc(Cl)c2F)c2cc(C(=O)N3CCCC3)ccc12. The second-order valence-electron chi connectivity index (χ2n) is 10.3. The lowest BCUT2D eigenvalue weighted by atomic mass is 10.1. The van der Waals surface area contributed by atoms with Gasteiger partial charge in [0.2, 0.25) is 11.8 Å². The molecule has 2 aliphatic heterocycles. The van der Waals surface area contributed by atoms with Crippen LogP contribution in [-0.2, 0) is 22.7 Å². The van der Waals surface area contributed by atoms with Crippen molar-refractivity contribution < 1.29 is 28.0 Å². The number of carbonyl (C=O) groups is 4. The van der Waals surface area contributed by atoms with E-state index in [1.165, 1.54) is 24.0 Å². The molecule has 0 bridgehead atoms. The van der Waals surface area contributed by atoms with Crippen LogP contribution in [0.3, 0.4) is 0 Å². The number of nitrogens with zero attached hydrogens (tertiary/aromatic N) is 3. The number of benzene rings is 2. The molecule has 3 heterocycles. The maximum Gasteiger partial charge on any atom is 0.253 e. The molecular weight excluding hydrogens is 542 g/mol. The van der Waals surface area contributed by atoms with Gasteiger partial charge in [-0.05, 0) is 38.0 Å². The first kappa shape index (κ1) is 27.8. The summed E-state index contributed by atoms with van der Waals surface area (Å²) in [6.07, 6.45) is 1.86. The van der Waals surface area contributed by atoms with Gasteiger partial charge < -0.3 is 19.7 Å². The molecule has 40 heavy (non-hydrogen) atoms. The van der Waals surface area contributed by atoms with Crippen molar-refractivity contribution in [2.75, 3.05) is 19.6 Å². The Hall–Kier alpha value is -3.79. The molecule has 3 aromatic rings. The Bertz CT molecular complexity index is 1500. The number of rotatable bonds is 7. The largest absolute Gasteiger partial charge is 0.350 e. The second kappa shape index (κ2) is 11.4. The van der Waals surface area contributed by atoms with Crippen LogP contribution in [0.4, 0.5) is 8.78 Å². The predicted octanol–water partition coefficient (Wildman–Crippen LogP) is 4.13. The first-order valence-electron chi connectivity index (χ1n) is 13.2. The topological polar surface area (TPSA) is 91.7 Å². The molecule has 11 heteroatoms. The summed E-state index contributed by atoms with van der Waals surface area (Å²) < 4.78 is 30.3. The predicted molar refractivity (Wildman–Crippen MR) is 145 cm³/mol. The van der Waals surface area contributed by atoms with Gasteiger partial charge in [-0.25, -0.2) is 8.78 Å². The maximum atomic E-state index is 14.5. The smallest absolute Gasteiger partial charge is 0.253 e. The monoisotopic (exact) mass is 570 g/mol. The van der Waals surface area contributed by atoms with Gasteiger partial charge in [0, 0.05) is 54.3 Å². The third-order valence-electron chi connectivity index (χ3n) is 7.57. The van der Waals surface area contributed by atoms with Crippen LogP contribution in [0.2, 0.25) is 5.02 Å².